The van der Waals surface area contributed by atoms with Gasteiger partial charge in [0.25, 0.3) is 11.5 Å². The average Bonchev–Trinajstić information content (AvgIpc) is 2.64. The van der Waals surface area contributed by atoms with Crippen LogP contribution in [0.2, 0.25) is 0 Å². The van der Waals surface area contributed by atoms with Crippen LogP contribution in [0.1, 0.15) is 35.3 Å². The van der Waals surface area contributed by atoms with E-state index in [-0.39, 0.29) is 17.2 Å². The molecule has 1 saturated heterocycles. The molecular weight excluding hydrogens is 340 g/mol. The highest BCUT2D eigenvalue weighted by Crippen LogP contribution is 2.23. The minimum Gasteiger partial charge on any atom is -0.337 e. The van der Waals surface area contributed by atoms with Crippen molar-refractivity contribution in [2.75, 3.05) is 13.1 Å². The van der Waals surface area contributed by atoms with Crippen LogP contribution in [-0.2, 0) is 13.5 Å². The number of hydrogen-bond donors (Lipinski definition) is 0. The molecule has 0 aliphatic carbocycles. The van der Waals surface area contributed by atoms with Gasteiger partial charge >= 0.3 is 0 Å². The van der Waals surface area contributed by atoms with Crippen LogP contribution in [0.25, 0.3) is 0 Å². The van der Waals surface area contributed by atoms with Gasteiger partial charge in [-0.2, -0.15) is 5.10 Å². The van der Waals surface area contributed by atoms with Crippen molar-refractivity contribution in [1.29, 1.82) is 0 Å². The van der Waals surface area contributed by atoms with Crippen molar-refractivity contribution >= 4 is 5.91 Å². The Morgan fingerprint density at radius 3 is 2.77 bits per heavy atom. The second-order valence-corrected chi connectivity index (χ2v) is 6.73. The van der Waals surface area contributed by atoms with Crippen LogP contribution >= 0.6 is 0 Å². The largest absolute Gasteiger partial charge is 0.337 e. The first-order valence-corrected chi connectivity index (χ1v) is 8.71. The number of carbonyl (C=O) groups excluding carboxylic acids is 1. The lowest BCUT2D eigenvalue weighted by atomic mass is 9.91. The summed E-state index contributed by atoms with van der Waals surface area (Å²) in [6, 6.07) is 6.76. The summed E-state index contributed by atoms with van der Waals surface area (Å²) < 4.78 is 27.5. The second kappa shape index (κ2) is 7.76. The van der Waals surface area contributed by atoms with Crippen LogP contribution in [0.5, 0.6) is 0 Å². The molecule has 1 aromatic carbocycles. The van der Waals surface area contributed by atoms with Crippen LogP contribution in [0.4, 0.5) is 8.78 Å². The molecular formula is C19H21F2N3O2. The van der Waals surface area contributed by atoms with E-state index in [1.807, 2.05) is 0 Å². The van der Waals surface area contributed by atoms with E-state index in [9.17, 15) is 18.4 Å². The molecule has 0 bridgehead atoms. The number of aromatic nitrogens is 2. The predicted octanol–water partition coefficient (Wildman–Crippen LogP) is 2.54. The van der Waals surface area contributed by atoms with Crippen molar-refractivity contribution in [3.63, 3.8) is 0 Å². The maximum absolute atomic E-state index is 13.3. The van der Waals surface area contributed by atoms with E-state index in [1.165, 1.54) is 25.2 Å². The van der Waals surface area contributed by atoms with Crippen molar-refractivity contribution < 1.29 is 13.6 Å². The molecule has 1 aromatic heterocycles. The number of carbonyl (C=O) groups is 1. The van der Waals surface area contributed by atoms with E-state index >= 15 is 0 Å². The fraction of sp³-hybridized carbons (Fsp3) is 0.421. The summed E-state index contributed by atoms with van der Waals surface area (Å²) in [6.45, 7) is 1.26. The van der Waals surface area contributed by atoms with E-state index in [0.717, 1.165) is 35.6 Å². The van der Waals surface area contributed by atoms with Gasteiger partial charge in [0.2, 0.25) is 0 Å². The average molecular weight is 361 g/mol. The molecule has 7 heteroatoms. The number of aryl methyl sites for hydroxylation is 2. The molecule has 1 atom stereocenters. The number of rotatable bonds is 4. The lowest BCUT2D eigenvalue weighted by Crippen LogP contribution is -2.41. The Morgan fingerprint density at radius 2 is 2.04 bits per heavy atom. The Bertz CT molecular complexity index is 866. The zero-order valence-corrected chi connectivity index (χ0v) is 14.6. The zero-order valence-electron chi connectivity index (χ0n) is 14.6. The summed E-state index contributed by atoms with van der Waals surface area (Å²) in [5.41, 5.74) is 0.755. The Kier molecular flexibility index (Phi) is 5.44. The van der Waals surface area contributed by atoms with Gasteiger partial charge in [-0.3, -0.25) is 9.59 Å². The van der Waals surface area contributed by atoms with E-state index < -0.39 is 11.6 Å². The van der Waals surface area contributed by atoms with Gasteiger partial charge in [-0.15, -0.1) is 0 Å². The maximum Gasteiger partial charge on any atom is 0.274 e. The highest BCUT2D eigenvalue weighted by Gasteiger charge is 2.25. The number of benzene rings is 1. The summed E-state index contributed by atoms with van der Waals surface area (Å²) in [4.78, 5) is 25.8. The van der Waals surface area contributed by atoms with Gasteiger partial charge in [0, 0.05) is 26.2 Å². The third-order valence-electron chi connectivity index (χ3n) is 4.81. The SMILES string of the molecule is Cn1nc(C(=O)N2CCC[C@H](CCc3ccc(F)c(F)c3)C2)ccc1=O. The molecule has 1 amide bonds. The molecule has 138 valence electrons. The Hall–Kier alpha value is -2.57. The van der Waals surface area contributed by atoms with E-state index in [1.54, 1.807) is 11.0 Å². The van der Waals surface area contributed by atoms with E-state index in [4.69, 9.17) is 0 Å². The lowest BCUT2D eigenvalue weighted by Gasteiger charge is -2.32. The fourth-order valence-corrected chi connectivity index (χ4v) is 3.33. The molecule has 0 saturated carbocycles. The van der Waals surface area contributed by atoms with Crippen molar-refractivity contribution in [1.82, 2.24) is 14.7 Å². The van der Waals surface area contributed by atoms with Gasteiger partial charge in [0.1, 0.15) is 5.69 Å². The summed E-state index contributed by atoms with van der Waals surface area (Å²) in [6.07, 6.45) is 3.33. The van der Waals surface area contributed by atoms with Crippen LogP contribution in [0, 0.1) is 17.6 Å². The highest BCUT2D eigenvalue weighted by atomic mass is 19.2. The van der Waals surface area contributed by atoms with Crippen LogP contribution < -0.4 is 5.56 Å². The topological polar surface area (TPSA) is 55.2 Å². The second-order valence-electron chi connectivity index (χ2n) is 6.73. The Morgan fingerprint density at radius 1 is 1.23 bits per heavy atom. The number of piperidine rings is 1. The molecule has 1 fully saturated rings. The van der Waals surface area contributed by atoms with Gasteiger partial charge in [-0.05, 0) is 55.4 Å². The number of hydrogen-bond acceptors (Lipinski definition) is 3. The van der Waals surface area contributed by atoms with Crippen LogP contribution in [0.15, 0.2) is 35.1 Å². The first kappa shape index (κ1) is 18.2. The minimum atomic E-state index is -0.840. The quantitative estimate of drug-likeness (QED) is 0.841. The molecule has 26 heavy (non-hydrogen) atoms. The van der Waals surface area contributed by atoms with Crippen molar-refractivity contribution in [3.05, 3.63) is 63.6 Å². The van der Waals surface area contributed by atoms with Crippen molar-refractivity contribution in [2.45, 2.75) is 25.7 Å². The molecule has 0 unspecified atom stereocenters. The molecule has 3 rings (SSSR count). The molecule has 5 nitrogen and oxygen atoms in total. The predicted molar refractivity (Wildman–Crippen MR) is 92.8 cm³/mol. The monoisotopic (exact) mass is 361 g/mol. The lowest BCUT2D eigenvalue weighted by molar-refractivity contribution is 0.0659. The van der Waals surface area contributed by atoms with E-state index in [2.05, 4.69) is 5.10 Å². The number of nitrogens with zero attached hydrogens (tertiary/aromatic N) is 3. The van der Waals surface area contributed by atoms with E-state index in [0.29, 0.717) is 25.4 Å². The van der Waals surface area contributed by atoms with Gasteiger partial charge in [-0.1, -0.05) is 6.07 Å². The molecule has 2 heterocycles. The zero-order chi connectivity index (χ0) is 18.7. The normalized spacial score (nSPS) is 17.3. The molecule has 1 aliphatic rings. The number of amides is 1. The third-order valence-corrected chi connectivity index (χ3v) is 4.81. The molecule has 2 aromatic rings. The molecule has 0 spiro atoms. The fourth-order valence-electron chi connectivity index (χ4n) is 3.33. The third kappa shape index (κ3) is 4.15. The van der Waals surface area contributed by atoms with Crippen molar-refractivity contribution in [2.24, 2.45) is 13.0 Å². The summed E-state index contributed by atoms with van der Waals surface area (Å²) in [7, 11) is 1.51. The van der Waals surface area contributed by atoms with Gasteiger partial charge < -0.3 is 4.90 Å². The van der Waals surface area contributed by atoms with Crippen LogP contribution in [0.3, 0.4) is 0 Å². The highest BCUT2D eigenvalue weighted by molar-refractivity contribution is 5.92. The summed E-state index contributed by atoms with van der Waals surface area (Å²) >= 11 is 0. The first-order valence-electron chi connectivity index (χ1n) is 8.71. The minimum absolute atomic E-state index is 0.182. The van der Waals surface area contributed by atoms with Gasteiger partial charge in [0.05, 0.1) is 0 Å². The van der Waals surface area contributed by atoms with Gasteiger partial charge in [0.15, 0.2) is 11.6 Å². The Labute approximate surface area is 150 Å². The molecule has 1 aliphatic heterocycles. The van der Waals surface area contributed by atoms with Crippen LogP contribution in [-0.4, -0.2) is 33.7 Å². The molecule has 0 radical (unpaired) electrons. The number of likely N-dealkylation sites (tertiary alicyclic amines) is 1. The maximum atomic E-state index is 13.3. The standard InChI is InChI=1S/C19H21F2N3O2/c1-23-18(25)9-8-17(22-23)19(26)24-10-2-3-14(12-24)5-4-13-6-7-15(20)16(21)11-13/h6-9,11,14H,2-5,10,12H2,1H3/t14-/m1/s1. The van der Waals surface area contributed by atoms with Crippen molar-refractivity contribution in [3.8, 4) is 0 Å². The summed E-state index contributed by atoms with van der Waals surface area (Å²) in [5, 5.41) is 4.02. The first-order chi connectivity index (χ1) is 12.4. The van der Waals surface area contributed by atoms with Gasteiger partial charge in [-0.25, -0.2) is 13.5 Å². The smallest absolute Gasteiger partial charge is 0.274 e. The molecule has 0 N–H and O–H groups in total. The summed E-state index contributed by atoms with van der Waals surface area (Å²) in [5.74, 6) is -1.55. The number of halogens is 2. The Balaban J connectivity index is 1.61.